The second-order valence-electron chi connectivity index (χ2n) is 5.98. The zero-order chi connectivity index (χ0) is 18.5. The minimum atomic E-state index is -0.666. The van der Waals surface area contributed by atoms with Gasteiger partial charge in [0, 0.05) is 29.6 Å². The van der Waals surface area contributed by atoms with Crippen LogP contribution in [0.15, 0.2) is 47.7 Å². The van der Waals surface area contributed by atoms with Gasteiger partial charge >= 0.3 is 5.69 Å². The average Bonchev–Trinajstić information content (AvgIpc) is 2.67. The second-order valence-corrected chi connectivity index (χ2v) is 5.98. The molecule has 2 aromatic rings. The van der Waals surface area contributed by atoms with E-state index >= 15 is 0 Å². The standard InChI is InChI=1S/C17H17N5O4/c23-21(24)12-8-9-16(17(11-12)22(25)26)20-19-15-7-2-1-5-13(15)14-6-3-4-10-18-14/h3-4,6,8-11,13,20H,1-2,5,7H2/b19-15+/t13-/m0/s1. The van der Waals surface area contributed by atoms with Crippen molar-refractivity contribution in [2.24, 2.45) is 5.10 Å². The third kappa shape index (κ3) is 3.82. The van der Waals surface area contributed by atoms with Crippen molar-refractivity contribution in [1.29, 1.82) is 0 Å². The summed E-state index contributed by atoms with van der Waals surface area (Å²) in [5.74, 6) is 0.0644. The fourth-order valence-corrected chi connectivity index (χ4v) is 3.04. The molecule has 0 spiro atoms. The van der Waals surface area contributed by atoms with Crippen molar-refractivity contribution in [2.75, 3.05) is 5.43 Å². The smallest absolute Gasteiger partial charge is 0.272 e. The van der Waals surface area contributed by atoms with E-state index in [0.717, 1.165) is 43.2 Å². The third-order valence-electron chi connectivity index (χ3n) is 4.33. The number of hydrogen-bond donors (Lipinski definition) is 1. The first-order valence-electron chi connectivity index (χ1n) is 8.22. The van der Waals surface area contributed by atoms with E-state index in [2.05, 4.69) is 15.5 Å². The van der Waals surface area contributed by atoms with Crippen LogP contribution in [0.5, 0.6) is 0 Å². The number of nitro benzene ring substituents is 2. The lowest BCUT2D eigenvalue weighted by Crippen LogP contribution is -2.20. The van der Waals surface area contributed by atoms with E-state index in [9.17, 15) is 20.2 Å². The predicted molar refractivity (Wildman–Crippen MR) is 96.3 cm³/mol. The number of benzene rings is 1. The van der Waals surface area contributed by atoms with Crippen molar-refractivity contribution in [1.82, 2.24) is 4.98 Å². The summed E-state index contributed by atoms with van der Waals surface area (Å²) < 4.78 is 0. The van der Waals surface area contributed by atoms with Crippen LogP contribution in [0.25, 0.3) is 0 Å². The largest absolute Gasteiger partial charge is 0.301 e. The topological polar surface area (TPSA) is 124 Å². The van der Waals surface area contributed by atoms with Crippen molar-refractivity contribution in [3.63, 3.8) is 0 Å². The third-order valence-corrected chi connectivity index (χ3v) is 4.33. The first kappa shape index (κ1) is 17.5. The number of nitrogens with one attached hydrogen (secondary N) is 1. The molecule has 0 bridgehead atoms. The van der Waals surface area contributed by atoms with Gasteiger partial charge in [0.05, 0.1) is 15.9 Å². The van der Waals surface area contributed by atoms with Gasteiger partial charge in [-0.05, 0) is 37.5 Å². The highest BCUT2D eigenvalue weighted by atomic mass is 16.6. The van der Waals surface area contributed by atoms with E-state index in [1.165, 1.54) is 12.1 Å². The molecule has 1 fully saturated rings. The molecule has 0 radical (unpaired) electrons. The Bertz CT molecular complexity index is 853. The number of hydrazone groups is 1. The van der Waals surface area contributed by atoms with Crippen molar-refractivity contribution in [3.05, 3.63) is 68.5 Å². The van der Waals surface area contributed by atoms with Crippen molar-refractivity contribution in [2.45, 2.75) is 31.6 Å². The molecule has 1 heterocycles. The zero-order valence-corrected chi connectivity index (χ0v) is 13.9. The molecule has 1 aromatic heterocycles. The van der Waals surface area contributed by atoms with Gasteiger partial charge in [-0.25, -0.2) is 0 Å². The molecule has 0 unspecified atom stereocenters. The molecular weight excluding hydrogens is 338 g/mol. The highest BCUT2D eigenvalue weighted by Gasteiger charge is 2.24. The van der Waals surface area contributed by atoms with E-state index in [0.29, 0.717) is 0 Å². The molecule has 134 valence electrons. The van der Waals surface area contributed by atoms with Gasteiger partial charge in [0.2, 0.25) is 0 Å². The number of pyridine rings is 1. The molecule has 3 rings (SSSR count). The summed E-state index contributed by atoms with van der Waals surface area (Å²) in [4.78, 5) is 25.1. The Morgan fingerprint density at radius 2 is 1.96 bits per heavy atom. The molecule has 1 aromatic carbocycles. The molecule has 0 saturated heterocycles. The van der Waals surface area contributed by atoms with Crippen LogP contribution in [0.2, 0.25) is 0 Å². The SMILES string of the molecule is O=[N+]([O-])c1ccc(N/N=C2\CCCC[C@H]2c2ccccn2)c([N+](=O)[O-])c1. The number of nitro groups is 2. The Kier molecular flexibility index (Phi) is 5.16. The molecule has 1 aliphatic rings. The summed E-state index contributed by atoms with van der Waals surface area (Å²) in [6.07, 6.45) is 5.48. The molecule has 26 heavy (non-hydrogen) atoms. The summed E-state index contributed by atoms with van der Waals surface area (Å²) in [5, 5.41) is 26.4. The zero-order valence-electron chi connectivity index (χ0n) is 13.9. The number of non-ortho nitro benzene ring substituents is 1. The minimum absolute atomic E-state index is 0.0644. The number of nitrogens with zero attached hydrogens (tertiary/aromatic N) is 4. The number of hydrogen-bond acceptors (Lipinski definition) is 7. The Balaban J connectivity index is 1.88. The molecule has 9 heteroatoms. The quantitative estimate of drug-likeness (QED) is 0.638. The lowest BCUT2D eigenvalue weighted by atomic mass is 9.85. The first-order chi connectivity index (χ1) is 12.6. The first-order valence-corrected chi connectivity index (χ1v) is 8.22. The van der Waals surface area contributed by atoms with Crippen molar-refractivity contribution in [3.8, 4) is 0 Å². The number of rotatable bonds is 5. The molecule has 1 atom stereocenters. The van der Waals surface area contributed by atoms with Gasteiger partial charge in [0.25, 0.3) is 5.69 Å². The highest BCUT2D eigenvalue weighted by Crippen LogP contribution is 2.32. The van der Waals surface area contributed by atoms with Crippen LogP contribution in [0, 0.1) is 20.2 Å². The predicted octanol–water partition coefficient (Wildman–Crippen LogP) is 4.02. The van der Waals surface area contributed by atoms with E-state index in [1.807, 2.05) is 18.2 Å². The van der Waals surface area contributed by atoms with Gasteiger partial charge in [0.1, 0.15) is 5.69 Å². The normalized spacial score (nSPS) is 18.5. The Labute approximate surface area is 149 Å². The van der Waals surface area contributed by atoms with Gasteiger partial charge in [-0.2, -0.15) is 5.10 Å². The number of aromatic nitrogens is 1. The lowest BCUT2D eigenvalue weighted by Gasteiger charge is -2.23. The van der Waals surface area contributed by atoms with Gasteiger partial charge in [-0.1, -0.05) is 12.5 Å². The Hall–Kier alpha value is -3.36. The van der Waals surface area contributed by atoms with Gasteiger partial charge in [-0.3, -0.25) is 30.6 Å². The number of anilines is 1. The van der Waals surface area contributed by atoms with Gasteiger partial charge in [0.15, 0.2) is 0 Å². The van der Waals surface area contributed by atoms with E-state index in [-0.39, 0.29) is 23.0 Å². The fraction of sp³-hybridized carbons (Fsp3) is 0.294. The lowest BCUT2D eigenvalue weighted by molar-refractivity contribution is -0.393. The average molecular weight is 355 g/mol. The minimum Gasteiger partial charge on any atom is -0.272 e. The van der Waals surface area contributed by atoms with Crippen LogP contribution in [-0.4, -0.2) is 20.5 Å². The maximum Gasteiger partial charge on any atom is 0.301 e. The summed E-state index contributed by atoms with van der Waals surface area (Å²) in [6, 6.07) is 9.16. The second kappa shape index (κ2) is 7.68. The van der Waals surface area contributed by atoms with E-state index in [1.54, 1.807) is 6.20 Å². The highest BCUT2D eigenvalue weighted by molar-refractivity contribution is 5.92. The monoisotopic (exact) mass is 355 g/mol. The molecule has 1 aliphatic carbocycles. The molecule has 0 aliphatic heterocycles. The Morgan fingerprint density at radius 3 is 2.65 bits per heavy atom. The maximum atomic E-state index is 11.2. The molecule has 0 amide bonds. The van der Waals surface area contributed by atoms with Crippen LogP contribution >= 0.6 is 0 Å². The van der Waals surface area contributed by atoms with Crippen LogP contribution in [0.3, 0.4) is 0 Å². The molecule has 1 saturated carbocycles. The molecule has 1 N–H and O–H groups in total. The van der Waals surface area contributed by atoms with E-state index < -0.39 is 9.85 Å². The van der Waals surface area contributed by atoms with Gasteiger partial charge in [-0.15, -0.1) is 0 Å². The van der Waals surface area contributed by atoms with Crippen molar-refractivity contribution < 1.29 is 9.85 Å². The van der Waals surface area contributed by atoms with Crippen LogP contribution in [-0.2, 0) is 0 Å². The van der Waals surface area contributed by atoms with Gasteiger partial charge < -0.3 is 0 Å². The van der Waals surface area contributed by atoms with Crippen LogP contribution in [0.4, 0.5) is 17.1 Å². The van der Waals surface area contributed by atoms with Crippen LogP contribution in [0.1, 0.15) is 37.3 Å². The maximum absolute atomic E-state index is 11.2. The van der Waals surface area contributed by atoms with Crippen LogP contribution < -0.4 is 5.43 Å². The summed E-state index contributed by atoms with van der Waals surface area (Å²) in [5.41, 5.74) is 3.93. The summed E-state index contributed by atoms with van der Waals surface area (Å²) >= 11 is 0. The van der Waals surface area contributed by atoms with Crippen molar-refractivity contribution >= 4 is 22.8 Å². The van der Waals surface area contributed by atoms with E-state index in [4.69, 9.17) is 0 Å². The fourth-order valence-electron chi connectivity index (χ4n) is 3.04. The Morgan fingerprint density at radius 1 is 1.12 bits per heavy atom. The molecular formula is C17H17N5O4. The summed E-state index contributed by atoms with van der Waals surface area (Å²) in [6.45, 7) is 0. The summed E-state index contributed by atoms with van der Waals surface area (Å²) in [7, 11) is 0. The molecule has 9 nitrogen and oxygen atoms in total.